The third-order valence-electron chi connectivity index (χ3n) is 7.21. The minimum absolute atomic E-state index is 0.121. The van der Waals surface area contributed by atoms with Crippen LogP contribution in [0.3, 0.4) is 0 Å². The maximum atomic E-state index is 12.2. The van der Waals surface area contributed by atoms with Crippen LogP contribution in [0, 0.1) is 11.3 Å². The first-order valence-corrected chi connectivity index (χ1v) is 10.8. The number of hydrogen-bond acceptors (Lipinski definition) is 4. The first-order valence-electron chi connectivity index (χ1n) is 10.8. The van der Waals surface area contributed by atoms with Gasteiger partial charge in [-0.1, -0.05) is 32.9 Å². The third-order valence-corrected chi connectivity index (χ3v) is 7.21. The molecule has 0 spiro atoms. The van der Waals surface area contributed by atoms with Crippen LogP contribution in [-0.2, 0) is 0 Å². The van der Waals surface area contributed by atoms with Crippen molar-refractivity contribution in [1.29, 1.82) is 0 Å². The van der Waals surface area contributed by atoms with Crippen LogP contribution in [0.5, 0.6) is 0 Å². The monoisotopic (exact) mass is 413 g/mol. The molecule has 1 fully saturated rings. The summed E-state index contributed by atoms with van der Waals surface area (Å²) in [6.07, 6.45) is 7.58. The molecule has 3 N–H and O–H groups in total. The standard InChI is InChI=1S/C25H27N5O/c1-15-6-9-22(25(15,2)3)29-23-19(24(26)31)13-28-30-14-18(12-21(23)30)16-7-8-20-17(11-16)5-4-10-27-20/h4-5,7-8,10-15,22,29H,6,9H2,1-3H3,(H2,26,31). The number of rotatable bonds is 4. The van der Waals surface area contributed by atoms with Gasteiger partial charge in [-0.3, -0.25) is 9.78 Å². The Hall–Kier alpha value is -3.41. The number of nitrogens with one attached hydrogen (secondary N) is 1. The lowest BCUT2D eigenvalue weighted by molar-refractivity contribution is 0.100. The molecule has 2 atom stereocenters. The highest BCUT2D eigenvalue weighted by Gasteiger charge is 2.41. The van der Waals surface area contributed by atoms with E-state index in [4.69, 9.17) is 5.73 Å². The van der Waals surface area contributed by atoms with Gasteiger partial charge >= 0.3 is 0 Å². The van der Waals surface area contributed by atoms with E-state index in [0.29, 0.717) is 11.5 Å². The maximum Gasteiger partial charge on any atom is 0.252 e. The number of amides is 1. The zero-order valence-electron chi connectivity index (χ0n) is 18.1. The van der Waals surface area contributed by atoms with Crippen molar-refractivity contribution in [2.75, 3.05) is 5.32 Å². The lowest BCUT2D eigenvalue weighted by Gasteiger charge is -2.33. The summed E-state index contributed by atoms with van der Waals surface area (Å²) in [5.74, 6) is 0.134. The quantitative estimate of drug-likeness (QED) is 0.499. The molecule has 6 heteroatoms. The van der Waals surface area contributed by atoms with Crippen LogP contribution in [0.1, 0.15) is 44.0 Å². The van der Waals surface area contributed by atoms with Crippen molar-refractivity contribution < 1.29 is 4.79 Å². The van der Waals surface area contributed by atoms with Gasteiger partial charge < -0.3 is 11.1 Å². The van der Waals surface area contributed by atoms with Crippen molar-refractivity contribution in [2.45, 2.75) is 39.7 Å². The molecule has 4 aromatic rings. The highest BCUT2D eigenvalue weighted by atomic mass is 16.1. The summed E-state index contributed by atoms with van der Waals surface area (Å²) in [7, 11) is 0. The first-order chi connectivity index (χ1) is 14.8. The number of fused-ring (bicyclic) bond motifs is 2. The van der Waals surface area contributed by atoms with Gasteiger partial charge in [0, 0.05) is 29.4 Å². The summed E-state index contributed by atoms with van der Waals surface area (Å²) in [6.45, 7) is 6.87. The molecule has 1 aliphatic rings. The Balaban J connectivity index is 1.62. The van der Waals surface area contributed by atoms with E-state index in [2.05, 4.69) is 60.4 Å². The zero-order chi connectivity index (χ0) is 21.8. The Kier molecular flexibility index (Phi) is 4.46. The topological polar surface area (TPSA) is 85.3 Å². The molecule has 158 valence electrons. The molecule has 6 nitrogen and oxygen atoms in total. The second-order valence-corrected chi connectivity index (χ2v) is 9.26. The fraction of sp³-hybridized carbons (Fsp3) is 0.320. The Morgan fingerprint density at radius 3 is 2.77 bits per heavy atom. The van der Waals surface area contributed by atoms with Crippen molar-refractivity contribution in [2.24, 2.45) is 17.1 Å². The minimum Gasteiger partial charge on any atom is -0.379 e. The predicted molar refractivity (Wildman–Crippen MR) is 124 cm³/mol. The third kappa shape index (κ3) is 3.23. The van der Waals surface area contributed by atoms with Crippen LogP contribution in [0.4, 0.5) is 5.69 Å². The van der Waals surface area contributed by atoms with E-state index in [9.17, 15) is 4.79 Å². The van der Waals surface area contributed by atoms with Crippen LogP contribution >= 0.6 is 0 Å². The second kappa shape index (κ2) is 7.08. The summed E-state index contributed by atoms with van der Waals surface area (Å²) >= 11 is 0. The molecule has 0 aliphatic heterocycles. The fourth-order valence-corrected chi connectivity index (χ4v) is 4.74. The van der Waals surface area contributed by atoms with E-state index in [1.807, 2.05) is 22.8 Å². The molecule has 1 aliphatic carbocycles. The van der Waals surface area contributed by atoms with Gasteiger partial charge in [-0.25, -0.2) is 4.52 Å². The summed E-state index contributed by atoms with van der Waals surface area (Å²) < 4.78 is 1.82. The van der Waals surface area contributed by atoms with Crippen LogP contribution in [0.25, 0.3) is 27.5 Å². The molecule has 31 heavy (non-hydrogen) atoms. The van der Waals surface area contributed by atoms with Gasteiger partial charge in [0.05, 0.1) is 28.5 Å². The summed E-state index contributed by atoms with van der Waals surface area (Å²) in [5.41, 5.74) is 11.0. The van der Waals surface area contributed by atoms with E-state index < -0.39 is 5.91 Å². The molecule has 3 heterocycles. The normalized spacial score (nSPS) is 20.4. The molecular formula is C25H27N5O. The predicted octanol–water partition coefficient (Wildman–Crippen LogP) is 4.89. The van der Waals surface area contributed by atoms with Crippen molar-refractivity contribution >= 4 is 28.0 Å². The molecule has 1 amide bonds. The Bertz CT molecular complexity index is 1310. The van der Waals surface area contributed by atoms with Crippen LogP contribution in [-0.4, -0.2) is 26.5 Å². The zero-order valence-corrected chi connectivity index (χ0v) is 18.1. The number of pyridine rings is 1. The van der Waals surface area contributed by atoms with E-state index in [1.165, 1.54) is 0 Å². The van der Waals surface area contributed by atoms with Gasteiger partial charge in [-0.15, -0.1) is 0 Å². The van der Waals surface area contributed by atoms with Gasteiger partial charge in [0.25, 0.3) is 5.91 Å². The molecule has 3 aromatic heterocycles. The fourth-order valence-electron chi connectivity index (χ4n) is 4.74. The Morgan fingerprint density at radius 1 is 1.19 bits per heavy atom. The minimum atomic E-state index is -0.471. The average Bonchev–Trinajstić information content (AvgIpc) is 3.30. The van der Waals surface area contributed by atoms with Gasteiger partial charge in [-0.2, -0.15) is 5.10 Å². The molecule has 1 saturated carbocycles. The van der Waals surface area contributed by atoms with Crippen LogP contribution < -0.4 is 11.1 Å². The van der Waals surface area contributed by atoms with Gasteiger partial charge in [0.1, 0.15) is 0 Å². The number of carbonyl (C=O) groups excluding carboxylic acids is 1. The summed E-state index contributed by atoms with van der Waals surface area (Å²) in [6, 6.07) is 12.5. The number of carbonyl (C=O) groups is 1. The Morgan fingerprint density at radius 2 is 2.03 bits per heavy atom. The summed E-state index contributed by atoms with van der Waals surface area (Å²) in [5, 5.41) is 9.22. The highest BCUT2D eigenvalue weighted by molar-refractivity contribution is 6.02. The number of nitrogens with zero attached hydrogens (tertiary/aromatic N) is 3. The van der Waals surface area contributed by atoms with E-state index in [0.717, 1.165) is 46.1 Å². The lowest BCUT2D eigenvalue weighted by atomic mass is 9.80. The smallest absolute Gasteiger partial charge is 0.252 e. The number of hydrogen-bond donors (Lipinski definition) is 2. The molecule has 0 radical (unpaired) electrons. The average molecular weight is 414 g/mol. The SMILES string of the molecule is CC1CCC(Nc2c(C(N)=O)cnn3cc(-c4ccc5ncccc5c4)cc23)C1(C)C. The molecular weight excluding hydrogens is 386 g/mol. The number of benzene rings is 1. The van der Waals surface area contributed by atoms with Crippen molar-refractivity contribution in [3.05, 3.63) is 60.6 Å². The Labute approximate surface area is 181 Å². The number of aromatic nitrogens is 3. The van der Waals surface area contributed by atoms with Gasteiger partial charge in [0.15, 0.2) is 0 Å². The second-order valence-electron chi connectivity index (χ2n) is 9.26. The molecule has 2 unspecified atom stereocenters. The summed E-state index contributed by atoms with van der Waals surface area (Å²) in [4.78, 5) is 16.6. The number of anilines is 1. The van der Waals surface area contributed by atoms with E-state index in [-0.39, 0.29) is 11.5 Å². The first kappa shape index (κ1) is 19.5. The lowest BCUT2D eigenvalue weighted by Crippen LogP contribution is -2.35. The molecule has 0 bridgehead atoms. The maximum absolute atomic E-state index is 12.2. The number of primary amides is 1. The molecule has 1 aromatic carbocycles. The van der Waals surface area contributed by atoms with Crippen molar-refractivity contribution in [3.63, 3.8) is 0 Å². The largest absolute Gasteiger partial charge is 0.379 e. The van der Waals surface area contributed by atoms with Crippen molar-refractivity contribution in [3.8, 4) is 11.1 Å². The number of nitrogens with two attached hydrogens (primary N) is 1. The van der Waals surface area contributed by atoms with Crippen molar-refractivity contribution in [1.82, 2.24) is 14.6 Å². The van der Waals surface area contributed by atoms with E-state index in [1.54, 1.807) is 12.4 Å². The van der Waals surface area contributed by atoms with E-state index >= 15 is 0 Å². The van der Waals surface area contributed by atoms with Crippen LogP contribution in [0.2, 0.25) is 0 Å². The highest BCUT2D eigenvalue weighted by Crippen LogP contribution is 2.44. The van der Waals surface area contributed by atoms with Crippen LogP contribution in [0.15, 0.2) is 55.0 Å². The van der Waals surface area contributed by atoms with Gasteiger partial charge in [-0.05, 0) is 54.0 Å². The van der Waals surface area contributed by atoms with Gasteiger partial charge in [0.2, 0.25) is 0 Å². The molecule has 5 rings (SSSR count). The molecule has 0 saturated heterocycles.